The van der Waals surface area contributed by atoms with Crippen LogP contribution in [-0.4, -0.2) is 25.6 Å². The molecule has 1 saturated heterocycles. The molecule has 2 N–H and O–H groups in total. The summed E-state index contributed by atoms with van der Waals surface area (Å²) in [5.74, 6) is 1.31. The van der Waals surface area contributed by atoms with Crippen LogP contribution in [0.3, 0.4) is 0 Å². The molecule has 144 valence electrons. The molecule has 0 aromatic heterocycles. The Morgan fingerprint density at radius 1 is 1.11 bits per heavy atom. The normalized spacial score (nSPS) is 20.7. The Balaban J connectivity index is 1.49. The van der Waals surface area contributed by atoms with Gasteiger partial charge in [-0.3, -0.25) is 4.79 Å². The quantitative estimate of drug-likeness (QED) is 0.790. The summed E-state index contributed by atoms with van der Waals surface area (Å²) in [5, 5.41) is 3.19. The number of hydrogen-bond acceptors (Lipinski definition) is 2. The van der Waals surface area contributed by atoms with Crippen LogP contribution in [-0.2, 0) is 11.3 Å². The Bertz CT molecular complexity index is 724. The fourth-order valence-electron chi connectivity index (χ4n) is 3.84. The van der Waals surface area contributed by atoms with Crippen molar-refractivity contribution in [1.82, 2.24) is 5.32 Å². The average molecular weight is 368 g/mol. The molecule has 0 aliphatic carbocycles. The molecule has 0 spiro atoms. The van der Waals surface area contributed by atoms with E-state index in [0.29, 0.717) is 6.61 Å². The molecule has 1 aliphatic heterocycles. The van der Waals surface area contributed by atoms with E-state index in [2.05, 4.69) is 36.5 Å². The Hall–Kier alpha value is -2.33. The molecule has 27 heavy (non-hydrogen) atoms. The van der Waals surface area contributed by atoms with Gasteiger partial charge in [-0.1, -0.05) is 42.5 Å². The number of benzene rings is 2. The lowest BCUT2D eigenvalue weighted by Crippen LogP contribution is -3.11. The topological polar surface area (TPSA) is 42.8 Å². The van der Waals surface area contributed by atoms with Crippen molar-refractivity contribution in [3.63, 3.8) is 0 Å². The van der Waals surface area contributed by atoms with Gasteiger partial charge < -0.3 is 15.0 Å². The van der Waals surface area contributed by atoms with Crippen LogP contribution in [0.5, 0.6) is 5.75 Å². The molecule has 2 aromatic rings. The molecular weight excluding hydrogens is 336 g/mol. The summed E-state index contributed by atoms with van der Waals surface area (Å²) >= 11 is 0. The Kier molecular flexibility index (Phi) is 6.88. The number of carbonyl (C=O) groups excluding carboxylic acids is 1. The SMILES string of the molecule is CCOc1ccccc1C[NH+]1CCC(C(=O)N[C@@H](C)c2ccccc2)CC1. The minimum absolute atomic E-state index is 0.0575. The predicted molar refractivity (Wildman–Crippen MR) is 108 cm³/mol. The van der Waals surface area contributed by atoms with Crippen LogP contribution in [0.4, 0.5) is 0 Å². The third-order valence-corrected chi connectivity index (χ3v) is 5.43. The van der Waals surface area contributed by atoms with E-state index in [1.165, 1.54) is 10.5 Å². The summed E-state index contributed by atoms with van der Waals surface area (Å²) in [4.78, 5) is 14.2. The first-order valence-corrected chi connectivity index (χ1v) is 10.1. The molecule has 1 atom stereocenters. The smallest absolute Gasteiger partial charge is 0.224 e. The largest absolute Gasteiger partial charge is 0.493 e. The highest BCUT2D eigenvalue weighted by molar-refractivity contribution is 5.79. The number of carbonyl (C=O) groups is 1. The monoisotopic (exact) mass is 367 g/mol. The molecule has 1 heterocycles. The van der Waals surface area contributed by atoms with Crippen molar-refractivity contribution in [2.75, 3.05) is 19.7 Å². The van der Waals surface area contributed by atoms with Crippen molar-refractivity contribution in [3.8, 4) is 5.75 Å². The van der Waals surface area contributed by atoms with Crippen molar-refractivity contribution >= 4 is 5.91 Å². The Morgan fingerprint density at radius 3 is 2.48 bits per heavy atom. The molecule has 0 unspecified atom stereocenters. The fourth-order valence-corrected chi connectivity index (χ4v) is 3.84. The maximum absolute atomic E-state index is 12.6. The van der Waals surface area contributed by atoms with Crippen molar-refractivity contribution in [2.45, 2.75) is 39.3 Å². The number of amides is 1. The summed E-state index contributed by atoms with van der Waals surface area (Å²) in [5.41, 5.74) is 2.41. The molecule has 0 bridgehead atoms. The second kappa shape index (κ2) is 9.56. The van der Waals surface area contributed by atoms with E-state index in [-0.39, 0.29) is 17.9 Å². The van der Waals surface area contributed by atoms with Crippen LogP contribution in [0.25, 0.3) is 0 Å². The van der Waals surface area contributed by atoms with Gasteiger partial charge in [0, 0.05) is 24.3 Å². The summed E-state index contributed by atoms with van der Waals surface area (Å²) in [6, 6.07) is 18.5. The molecule has 3 rings (SSSR count). The first-order valence-electron chi connectivity index (χ1n) is 10.1. The van der Waals surface area contributed by atoms with Crippen molar-refractivity contribution in [3.05, 3.63) is 65.7 Å². The zero-order valence-electron chi connectivity index (χ0n) is 16.4. The number of para-hydroxylation sites is 1. The zero-order chi connectivity index (χ0) is 19.1. The number of hydrogen-bond donors (Lipinski definition) is 2. The standard InChI is InChI=1S/C23H30N2O2/c1-3-27-22-12-8-7-11-21(22)17-25-15-13-20(14-16-25)23(26)24-18(2)19-9-5-4-6-10-19/h4-12,18,20H,3,13-17H2,1-2H3,(H,24,26)/p+1/t18-/m0/s1. The second-order valence-electron chi connectivity index (χ2n) is 7.38. The summed E-state index contributed by atoms with van der Waals surface area (Å²) < 4.78 is 5.75. The summed E-state index contributed by atoms with van der Waals surface area (Å²) in [6.45, 7) is 7.78. The molecule has 1 amide bonds. The number of piperidine rings is 1. The lowest BCUT2D eigenvalue weighted by molar-refractivity contribution is -0.919. The van der Waals surface area contributed by atoms with Gasteiger partial charge >= 0.3 is 0 Å². The van der Waals surface area contributed by atoms with Gasteiger partial charge in [-0.2, -0.15) is 0 Å². The van der Waals surface area contributed by atoms with Crippen LogP contribution in [0.2, 0.25) is 0 Å². The number of rotatable bonds is 7. The highest BCUT2D eigenvalue weighted by Crippen LogP contribution is 2.18. The Morgan fingerprint density at radius 2 is 1.78 bits per heavy atom. The van der Waals surface area contributed by atoms with E-state index in [0.717, 1.165) is 43.8 Å². The van der Waals surface area contributed by atoms with Gasteiger partial charge in [0.1, 0.15) is 12.3 Å². The lowest BCUT2D eigenvalue weighted by Gasteiger charge is -2.29. The van der Waals surface area contributed by atoms with Gasteiger partial charge in [-0.05, 0) is 31.5 Å². The van der Waals surface area contributed by atoms with Gasteiger partial charge in [0.15, 0.2) is 0 Å². The van der Waals surface area contributed by atoms with Crippen molar-refractivity contribution in [1.29, 1.82) is 0 Å². The van der Waals surface area contributed by atoms with Crippen LogP contribution in [0.1, 0.15) is 43.9 Å². The minimum atomic E-state index is 0.0575. The second-order valence-corrected chi connectivity index (χ2v) is 7.38. The van der Waals surface area contributed by atoms with Gasteiger partial charge in [0.05, 0.1) is 25.7 Å². The number of likely N-dealkylation sites (tertiary alicyclic amines) is 1. The highest BCUT2D eigenvalue weighted by atomic mass is 16.5. The molecule has 0 radical (unpaired) electrons. The van der Waals surface area contributed by atoms with Gasteiger partial charge in [0.25, 0.3) is 0 Å². The summed E-state index contributed by atoms with van der Waals surface area (Å²) in [7, 11) is 0. The molecule has 4 heteroatoms. The van der Waals surface area contributed by atoms with E-state index in [4.69, 9.17) is 4.74 Å². The lowest BCUT2D eigenvalue weighted by atomic mass is 9.94. The van der Waals surface area contributed by atoms with Crippen molar-refractivity contribution in [2.24, 2.45) is 5.92 Å². The van der Waals surface area contributed by atoms with Gasteiger partial charge in [-0.15, -0.1) is 0 Å². The predicted octanol–water partition coefficient (Wildman–Crippen LogP) is 2.76. The zero-order valence-corrected chi connectivity index (χ0v) is 16.4. The van der Waals surface area contributed by atoms with Gasteiger partial charge in [-0.25, -0.2) is 0 Å². The highest BCUT2D eigenvalue weighted by Gasteiger charge is 2.28. The van der Waals surface area contributed by atoms with Crippen LogP contribution in [0, 0.1) is 5.92 Å². The summed E-state index contributed by atoms with van der Waals surface area (Å²) in [6.07, 6.45) is 1.89. The molecular formula is C23H31N2O2+. The maximum atomic E-state index is 12.6. The van der Waals surface area contributed by atoms with Crippen LogP contribution in [0.15, 0.2) is 54.6 Å². The number of ether oxygens (including phenoxy) is 1. The van der Waals surface area contributed by atoms with E-state index in [9.17, 15) is 4.79 Å². The molecule has 1 fully saturated rings. The van der Waals surface area contributed by atoms with E-state index >= 15 is 0 Å². The number of quaternary nitrogens is 1. The van der Waals surface area contributed by atoms with Crippen LogP contribution >= 0.6 is 0 Å². The van der Waals surface area contributed by atoms with Crippen LogP contribution < -0.4 is 15.0 Å². The van der Waals surface area contributed by atoms with E-state index in [1.807, 2.05) is 37.3 Å². The van der Waals surface area contributed by atoms with Gasteiger partial charge in [0.2, 0.25) is 5.91 Å². The molecule has 0 saturated carbocycles. The van der Waals surface area contributed by atoms with Crippen molar-refractivity contribution < 1.29 is 14.4 Å². The first kappa shape index (κ1) is 19.4. The maximum Gasteiger partial charge on any atom is 0.224 e. The van der Waals surface area contributed by atoms with E-state index in [1.54, 1.807) is 0 Å². The molecule has 1 aliphatic rings. The fraction of sp³-hybridized carbons (Fsp3) is 0.435. The molecule has 4 nitrogen and oxygen atoms in total. The Labute approximate surface area is 162 Å². The number of nitrogens with one attached hydrogen (secondary N) is 2. The first-order chi connectivity index (χ1) is 13.2. The minimum Gasteiger partial charge on any atom is -0.493 e. The molecule has 2 aromatic carbocycles. The third kappa shape index (κ3) is 5.33. The third-order valence-electron chi connectivity index (χ3n) is 5.43. The average Bonchev–Trinajstić information content (AvgIpc) is 2.71. The van der Waals surface area contributed by atoms with E-state index < -0.39 is 0 Å².